The van der Waals surface area contributed by atoms with Gasteiger partial charge in [-0.25, -0.2) is 4.79 Å². The van der Waals surface area contributed by atoms with E-state index in [1.807, 2.05) is 50.2 Å². The van der Waals surface area contributed by atoms with Crippen LogP contribution in [0.4, 0.5) is 21.9 Å². The zero-order chi connectivity index (χ0) is 21.0. The number of aryl methyl sites for hydroxylation is 2. The van der Waals surface area contributed by atoms with E-state index < -0.39 is 0 Å². The van der Waals surface area contributed by atoms with Gasteiger partial charge >= 0.3 is 6.03 Å². The molecule has 0 bridgehead atoms. The Morgan fingerprint density at radius 2 is 1.79 bits per heavy atom. The van der Waals surface area contributed by atoms with Gasteiger partial charge in [-0.15, -0.1) is 0 Å². The van der Waals surface area contributed by atoms with E-state index in [-0.39, 0.29) is 18.0 Å². The minimum atomic E-state index is -0.285. The molecule has 0 unspecified atom stereocenters. The van der Waals surface area contributed by atoms with Crippen molar-refractivity contribution in [3.8, 4) is 0 Å². The van der Waals surface area contributed by atoms with Crippen LogP contribution in [0.1, 0.15) is 31.4 Å². The number of anilines is 3. The van der Waals surface area contributed by atoms with Crippen LogP contribution in [0.5, 0.6) is 0 Å². The summed E-state index contributed by atoms with van der Waals surface area (Å²) in [6, 6.07) is 13.4. The van der Waals surface area contributed by atoms with Gasteiger partial charge in [0.05, 0.1) is 6.04 Å². The number of nitrogens with one attached hydrogen (secondary N) is 2. The molecule has 6 nitrogen and oxygen atoms in total. The first kappa shape index (κ1) is 20.7. The first-order valence-electron chi connectivity index (χ1n) is 10.2. The van der Waals surface area contributed by atoms with Crippen molar-refractivity contribution in [1.82, 2.24) is 5.32 Å². The lowest BCUT2D eigenvalue weighted by Gasteiger charge is -2.22. The van der Waals surface area contributed by atoms with E-state index in [1.165, 1.54) is 0 Å². The lowest BCUT2D eigenvalue weighted by molar-refractivity contribution is -0.117. The van der Waals surface area contributed by atoms with E-state index in [1.54, 1.807) is 4.90 Å². The maximum atomic E-state index is 12.5. The molecule has 0 radical (unpaired) electrons. The Labute approximate surface area is 172 Å². The number of urea groups is 1. The molecule has 2 aromatic rings. The van der Waals surface area contributed by atoms with Gasteiger partial charge in [0.25, 0.3) is 0 Å². The molecule has 3 amide bonds. The highest BCUT2D eigenvalue weighted by Gasteiger charge is 2.31. The summed E-state index contributed by atoms with van der Waals surface area (Å²) in [4.78, 5) is 28.9. The summed E-state index contributed by atoms with van der Waals surface area (Å²) >= 11 is 0. The van der Waals surface area contributed by atoms with E-state index in [2.05, 4.69) is 35.4 Å². The lowest BCUT2D eigenvalue weighted by Crippen LogP contribution is -2.39. The van der Waals surface area contributed by atoms with Crippen LogP contribution in [-0.4, -0.2) is 37.6 Å². The molecule has 1 heterocycles. The molecule has 3 rings (SSSR count). The molecule has 1 aliphatic heterocycles. The van der Waals surface area contributed by atoms with Crippen LogP contribution in [0.15, 0.2) is 42.5 Å². The Balaban J connectivity index is 1.60. The molecule has 0 aliphatic carbocycles. The van der Waals surface area contributed by atoms with Crippen molar-refractivity contribution in [3.05, 3.63) is 53.6 Å². The van der Waals surface area contributed by atoms with Crippen molar-refractivity contribution in [2.45, 2.75) is 40.2 Å². The van der Waals surface area contributed by atoms with Crippen molar-refractivity contribution in [2.24, 2.45) is 0 Å². The Morgan fingerprint density at radius 3 is 2.41 bits per heavy atom. The van der Waals surface area contributed by atoms with Gasteiger partial charge in [0.2, 0.25) is 5.91 Å². The Morgan fingerprint density at radius 1 is 1.10 bits per heavy atom. The summed E-state index contributed by atoms with van der Waals surface area (Å²) < 4.78 is 0. The molecular weight excluding hydrogens is 364 g/mol. The van der Waals surface area contributed by atoms with Crippen molar-refractivity contribution in [3.63, 3.8) is 0 Å². The molecule has 29 heavy (non-hydrogen) atoms. The number of rotatable bonds is 6. The van der Waals surface area contributed by atoms with Gasteiger partial charge in [-0.05, 0) is 63.6 Å². The molecule has 0 spiro atoms. The number of benzene rings is 2. The molecule has 0 saturated carbocycles. The fourth-order valence-corrected chi connectivity index (χ4v) is 3.70. The second-order valence-corrected chi connectivity index (χ2v) is 7.51. The van der Waals surface area contributed by atoms with Gasteiger partial charge in [-0.1, -0.05) is 17.7 Å². The molecule has 1 fully saturated rings. The van der Waals surface area contributed by atoms with Crippen LogP contribution in [-0.2, 0) is 4.79 Å². The molecule has 1 atom stereocenters. The summed E-state index contributed by atoms with van der Waals surface area (Å²) in [5.74, 6) is 0.0268. The van der Waals surface area contributed by atoms with Crippen molar-refractivity contribution < 1.29 is 9.59 Å². The monoisotopic (exact) mass is 394 g/mol. The topological polar surface area (TPSA) is 64.7 Å². The summed E-state index contributed by atoms with van der Waals surface area (Å²) in [6.45, 7) is 10.6. The highest BCUT2D eigenvalue weighted by atomic mass is 16.2. The number of carbonyl (C=O) groups excluding carboxylic acids is 2. The van der Waals surface area contributed by atoms with Crippen molar-refractivity contribution in [2.75, 3.05) is 34.8 Å². The number of amides is 3. The van der Waals surface area contributed by atoms with E-state index in [0.717, 1.165) is 41.3 Å². The van der Waals surface area contributed by atoms with Gasteiger partial charge in [-0.2, -0.15) is 0 Å². The van der Waals surface area contributed by atoms with Gasteiger partial charge in [-0.3, -0.25) is 4.79 Å². The number of nitrogens with zero attached hydrogens (tertiary/aromatic N) is 2. The second kappa shape index (κ2) is 8.99. The standard InChI is InChI=1S/C23H30N4O2/c1-5-26(6-2)20-11-12-21(17(4)13-20)25-23(29)24-18-14-22(28)27(15-18)19-9-7-16(3)8-10-19/h7-13,18H,5-6,14-15H2,1-4H3,(H2,24,25,29)/t18-/m0/s1. The fraction of sp³-hybridized carbons (Fsp3) is 0.391. The quantitative estimate of drug-likeness (QED) is 0.776. The second-order valence-electron chi connectivity index (χ2n) is 7.51. The predicted octanol–water partition coefficient (Wildman–Crippen LogP) is 4.08. The van der Waals surface area contributed by atoms with E-state index in [0.29, 0.717) is 13.0 Å². The molecule has 1 saturated heterocycles. The summed E-state index contributed by atoms with van der Waals surface area (Å²) in [7, 11) is 0. The summed E-state index contributed by atoms with van der Waals surface area (Å²) in [5, 5.41) is 5.85. The minimum Gasteiger partial charge on any atom is -0.372 e. The smallest absolute Gasteiger partial charge is 0.319 e. The summed E-state index contributed by atoms with van der Waals surface area (Å²) in [5.41, 5.74) is 4.95. The highest BCUT2D eigenvalue weighted by molar-refractivity contribution is 5.97. The van der Waals surface area contributed by atoms with Gasteiger partial charge < -0.3 is 20.4 Å². The third-order valence-corrected chi connectivity index (χ3v) is 5.39. The largest absolute Gasteiger partial charge is 0.372 e. The van der Waals surface area contributed by atoms with Crippen LogP contribution in [0, 0.1) is 13.8 Å². The van der Waals surface area contributed by atoms with Crippen LogP contribution in [0.2, 0.25) is 0 Å². The average Bonchev–Trinajstić information content (AvgIpc) is 3.05. The molecule has 6 heteroatoms. The van der Waals surface area contributed by atoms with Crippen molar-refractivity contribution >= 4 is 29.0 Å². The number of carbonyl (C=O) groups is 2. The highest BCUT2D eigenvalue weighted by Crippen LogP contribution is 2.24. The molecule has 2 N–H and O–H groups in total. The molecular formula is C23H30N4O2. The zero-order valence-corrected chi connectivity index (χ0v) is 17.7. The predicted molar refractivity (Wildman–Crippen MR) is 119 cm³/mol. The normalized spacial score (nSPS) is 16.1. The third-order valence-electron chi connectivity index (χ3n) is 5.39. The lowest BCUT2D eigenvalue weighted by atomic mass is 10.1. The SMILES string of the molecule is CCN(CC)c1ccc(NC(=O)N[C@H]2CC(=O)N(c3ccc(C)cc3)C2)c(C)c1. The first-order chi connectivity index (χ1) is 13.9. The average molecular weight is 395 g/mol. The molecule has 2 aromatic carbocycles. The Kier molecular flexibility index (Phi) is 6.42. The molecule has 1 aliphatic rings. The Bertz CT molecular complexity index is 875. The maximum Gasteiger partial charge on any atom is 0.319 e. The van der Waals surface area contributed by atoms with Crippen LogP contribution in [0.25, 0.3) is 0 Å². The number of hydrogen-bond acceptors (Lipinski definition) is 3. The maximum absolute atomic E-state index is 12.5. The fourth-order valence-electron chi connectivity index (χ4n) is 3.70. The van der Waals surface area contributed by atoms with E-state index in [4.69, 9.17) is 0 Å². The van der Waals surface area contributed by atoms with Crippen LogP contribution in [0.3, 0.4) is 0 Å². The van der Waals surface area contributed by atoms with Crippen LogP contribution >= 0.6 is 0 Å². The molecule has 0 aromatic heterocycles. The van der Waals surface area contributed by atoms with Gasteiger partial charge in [0.1, 0.15) is 0 Å². The number of hydrogen-bond donors (Lipinski definition) is 2. The minimum absolute atomic E-state index is 0.0268. The first-order valence-corrected chi connectivity index (χ1v) is 10.2. The van der Waals surface area contributed by atoms with Gasteiger partial charge in [0, 0.05) is 43.1 Å². The van der Waals surface area contributed by atoms with Crippen LogP contribution < -0.4 is 20.4 Å². The third kappa shape index (κ3) is 4.88. The summed E-state index contributed by atoms with van der Waals surface area (Å²) in [6.07, 6.45) is 0.307. The van der Waals surface area contributed by atoms with Gasteiger partial charge in [0.15, 0.2) is 0 Å². The van der Waals surface area contributed by atoms with Crippen molar-refractivity contribution in [1.29, 1.82) is 0 Å². The van der Waals surface area contributed by atoms with E-state index in [9.17, 15) is 9.59 Å². The van der Waals surface area contributed by atoms with E-state index >= 15 is 0 Å². The molecule has 154 valence electrons. The zero-order valence-electron chi connectivity index (χ0n) is 17.7. The Hall–Kier alpha value is -3.02.